The number of ether oxygens (including phenoxy) is 1. The first-order chi connectivity index (χ1) is 14.2. The first kappa shape index (κ1) is 26.5. The van der Waals surface area contributed by atoms with E-state index in [-0.39, 0.29) is 24.0 Å². The average Bonchev–Trinajstić information content (AvgIpc) is 3.26. The number of halogens is 1. The van der Waals surface area contributed by atoms with Crippen LogP contribution in [-0.2, 0) is 24.4 Å². The number of hydrogen-bond donors (Lipinski definition) is 2. The first-order valence-electron chi connectivity index (χ1n) is 10.7. The molecule has 0 spiro atoms. The fourth-order valence-corrected chi connectivity index (χ4v) is 2.99. The number of aliphatic imine (C=N–C) groups is 1. The van der Waals surface area contributed by atoms with E-state index in [0.29, 0.717) is 19.8 Å². The number of rotatable bonds is 13. The molecule has 0 amide bonds. The third-order valence-electron chi connectivity index (χ3n) is 4.64. The largest absolute Gasteiger partial charge is 0.467 e. The molecule has 0 aliphatic heterocycles. The van der Waals surface area contributed by atoms with Crippen molar-refractivity contribution >= 4 is 29.9 Å². The lowest BCUT2D eigenvalue weighted by Crippen LogP contribution is -2.38. The molecule has 0 aliphatic carbocycles. The first-order valence-corrected chi connectivity index (χ1v) is 10.7. The van der Waals surface area contributed by atoms with Crippen LogP contribution in [0.3, 0.4) is 0 Å². The van der Waals surface area contributed by atoms with Gasteiger partial charge in [-0.25, -0.2) is 4.99 Å². The Kier molecular flexibility index (Phi) is 14.2. The van der Waals surface area contributed by atoms with E-state index in [1.54, 1.807) is 6.26 Å². The maximum atomic E-state index is 5.61. The van der Waals surface area contributed by atoms with Crippen LogP contribution >= 0.6 is 24.0 Å². The molecule has 2 rings (SSSR count). The van der Waals surface area contributed by atoms with Crippen molar-refractivity contribution in [2.45, 2.75) is 46.9 Å². The van der Waals surface area contributed by atoms with Gasteiger partial charge in [0, 0.05) is 26.2 Å². The smallest absolute Gasteiger partial charge is 0.191 e. The van der Waals surface area contributed by atoms with E-state index in [0.717, 1.165) is 50.9 Å². The van der Waals surface area contributed by atoms with Crippen molar-refractivity contribution in [3.05, 3.63) is 59.5 Å². The summed E-state index contributed by atoms with van der Waals surface area (Å²) < 4.78 is 10.9. The highest BCUT2D eigenvalue weighted by atomic mass is 127. The summed E-state index contributed by atoms with van der Waals surface area (Å²) in [7, 11) is 0. The van der Waals surface area contributed by atoms with E-state index in [2.05, 4.69) is 60.6 Å². The average molecular weight is 528 g/mol. The molecular weight excluding hydrogens is 491 g/mol. The summed E-state index contributed by atoms with van der Waals surface area (Å²) in [6.45, 7) is 13.1. The quantitative estimate of drug-likeness (QED) is 0.175. The molecule has 6 nitrogen and oxygen atoms in total. The fraction of sp³-hybridized carbons (Fsp3) is 0.522. The van der Waals surface area contributed by atoms with Gasteiger partial charge in [-0.1, -0.05) is 38.1 Å². The van der Waals surface area contributed by atoms with Crippen LogP contribution in [0.15, 0.2) is 52.1 Å². The van der Waals surface area contributed by atoms with Crippen molar-refractivity contribution in [1.82, 2.24) is 15.5 Å². The van der Waals surface area contributed by atoms with Crippen LogP contribution < -0.4 is 10.6 Å². The Hall–Kier alpha value is -1.58. The minimum absolute atomic E-state index is 0. The highest BCUT2D eigenvalue weighted by molar-refractivity contribution is 14.0. The Morgan fingerprint density at radius 3 is 2.57 bits per heavy atom. The number of hydrogen-bond acceptors (Lipinski definition) is 4. The van der Waals surface area contributed by atoms with E-state index < -0.39 is 0 Å². The molecule has 0 fully saturated rings. The third-order valence-corrected chi connectivity index (χ3v) is 4.64. The maximum Gasteiger partial charge on any atom is 0.191 e. The molecule has 2 N–H and O–H groups in total. The van der Waals surface area contributed by atoms with Gasteiger partial charge in [0.2, 0.25) is 0 Å². The Balaban J connectivity index is 0.00000450. The van der Waals surface area contributed by atoms with Gasteiger partial charge in [-0.05, 0) is 49.7 Å². The van der Waals surface area contributed by atoms with E-state index >= 15 is 0 Å². The third kappa shape index (κ3) is 10.4. The molecule has 2 aromatic rings. The van der Waals surface area contributed by atoms with E-state index in [1.807, 2.05) is 12.1 Å². The minimum Gasteiger partial charge on any atom is -0.467 e. The van der Waals surface area contributed by atoms with Crippen LogP contribution in [0, 0.1) is 0 Å². The van der Waals surface area contributed by atoms with Gasteiger partial charge < -0.3 is 19.8 Å². The van der Waals surface area contributed by atoms with Crippen molar-refractivity contribution in [1.29, 1.82) is 0 Å². The van der Waals surface area contributed by atoms with Crippen LogP contribution in [0.1, 0.15) is 44.1 Å². The SMILES string of the molecule is CCNC(=NCc1cccc(CN(CC)CC)c1)NCCCOCc1ccco1.I. The van der Waals surface area contributed by atoms with E-state index in [4.69, 9.17) is 14.1 Å². The number of nitrogens with zero attached hydrogens (tertiary/aromatic N) is 2. The van der Waals surface area contributed by atoms with Crippen molar-refractivity contribution in [2.75, 3.05) is 32.8 Å². The molecule has 1 heterocycles. The standard InChI is InChI=1S/C23H36N4O2.HI/c1-4-24-23(25-13-9-14-28-19-22-12-8-15-29-22)26-17-20-10-7-11-21(16-20)18-27(5-2)6-3;/h7-8,10-12,15-16H,4-6,9,13-14,17-19H2,1-3H3,(H2,24,25,26);1H. The van der Waals surface area contributed by atoms with Crippen molar-refractivity contribution in [3.8, 4) is 0 Å². The number of guanidine groups is 1. The number of benzene rings is 1. The van der Waals surface area contributed by atoms with Crippen LogP contribution in [-0.4, -0.2) is 43.6 Å². The lowest BCUT2D eigenvalue weighted by atomic mass is 10.1. The normalized spacial score (nSPS) is 11.4. The molecule has 0 radical (unpaired) electrons. The molecular formula is C23H37IN4O2. The van der Waals surface area contributed by atoms with Gasteiger partial charge in [0.05, 0.1) is 12.8 Å². The molecule has 0 atom stereocenters. The second kappa shape index (κ2) is 16.2. The summed E-state index contributed by atoms with van der Waals surface area (Å²) in [6.07, 6.45) is 2.57. The summed E-state index contributed by atoms with van der Waals surface area (Å²) in [5, 5.41) is 6.68. The van der Waals surface area contributed by atoms with Crippen LogP contribution in [0.5, 0.6) is 0 Å². The summed E-state index contributed by atoms with van der Waals surface area (Å²) in [4.78, 5) is 7.15. The molecule has 0 saturated heterocycles. The number of furan rings is 1. The van der Waals surface area contributed by atoms with Gasteiger partial charge in [-0.15, -0.1) is 24.0 Å². The van der Waals surface area contributed by atoms with E-state index in [1.165, 1.54) is 11.1 Å². The Morgan fingerprint density at radius 2 is 1.87 bits per heavy atom. The lowest BCUT2D eigenvalue weighted by molar-refractivity contribution is 0.105. The van der Waals surface area contributed by atoms with E-state index in [9.17, 15) is 0 Å². The summed E-state index contributed by atoms with van der Waals surface area (Å²) in [5.41, 5.74) is 2.57. The zero-order valence-electron chi connectivity index (χ0n) is 18.5. The summed E-state index contributed by atoms with van der Waals surface area (Å²) in [5.74, 6) is 1.70. The van der Waals surface area contributed by atoms with Crippen molar-refractivity contribution in [3.63, 3.8) is 0 Å². The van der Waals surface area contributed by atoms with Crippen molar-refractivity contribution in [2.24, 2.45) is 4.99 Å². The predicted molar refractivity (Wildman–Crippen MR) is 134 cm³/mol. The van der Waals surface area contributed by atoms with Gasteiger partial charge in [-0.2, -0.15) is 0 Å². The molecule has 0 unspecified atom stereocenters. The molecule has 1 aromatic heterocycles. The van der Waals surface area contributed by atoms with Crippen LogP contribution in [0.4, 0.5) is 0 Å². The maximum absolute atomic E-state index is 5.61. The second-order valence-electron chi connectivity index (χ2n) is 6.89. The zero-order chi connectivity index (χ0) is 20.7. The Labute approximate surface area is 198 Å². The fourth-order valence-electron chi connectivity index (χ4n) is 2.99. The lowest BCUT2D eigenvalue weighted by Gasteiger charge is -2.18. The molecule has 0 bridgehead atoms. The van der Waals surface area contributed by atoms with Gasteiger partial charge in [0.1, 0.15) is 12.4 Å². The van der Waals surface area contributed by atoms with Gasteiger partial charge >= 0.3 is 0 Å². The second-order valence-corrected chi connectivity index (χ2v) is 6.89. The number of nitrogens with one attached hydrogen (secondary N) is 2. The minimum atomic E-state index is 0. The summed E-state index contributed by atoms with van der Waals surface area (Å²) in [6, 6.07) is 12.5. The monoisotopic (exact) mass is 528 g/mol. The molecule has 7 heteroatoms. The molecule has 0 aliphatic rings. The summed E-state index contributed by atoms with van der Waals surface area (Å²) >= 11 is 0. The predicted octanol–water partition coefficient (Wildman–Crippen LogP) is 4.40. The van der Waals surface area contributed by atoms with Crippen LogP contribution in [0.2, 0.25) is 0 Å². The zero-order valence-corrected chi connectivity index (χ0v) is 20.9. The highest BCUT2D eigenvalue weighted by Crippen LogP contribution is 2.09. The van der Waals surface area contributed by atoms with Gasteiger partial charge in [-0.3, -0.25) is 4.90 Å². The topological polar surface area (TPSA) is 62.0 Å². The van der Waals surface area contributed by atoms with Gasteiger partial charge in [0.15, 0.2) is 5.96 Å². The van der Waals surface area contributed by atoms with Crippen LogP contribution in [0.25, 0.3) is 0 Å². The Bertz CT molecular complexity index is 703. The molecule has 168 valence electrons. The molecule has 30 heavy (non-hydrogen) atoms. The molecule has 0 saturated carbocycles. The Morgan fingerprint density at radius 1 is 1.07 bits per heavy atom. The van der Waals surface area contributed by atoms with Gasteiger partial charge in [0.25, 0.3) is 0 Å². The molecule has 1 aromatic carbocycles. The highest BCUT2D eigenvalue weighted by Gasteiger charge is 2.03. The van der Waals surface area contributed by atoms with Crippen molar-refractivity contribution < 1.29 is 9.15 Å².